The predicted molar refractivity (Wildman–Crippen MR) is 85.4 cm³/mol. The topological polar surface area (TPSA) is 43.8 Å². The fourth-order valence-electron chi connectivity index (χ4n) is 2.79. The average Bonchev–Trinajstić information content (AvgIpc) is 2.45. The number of nitrogens with zero attached hydrogens (tertiary/aromatic N) is 2. The van der Waals surface area contributed by atoms with Crippen molar-refractivity contribution in [3.05, 3.63) is 18.0 Å². The first-order valence-electron chi connectivity index (χ1n) is 7.01. The lowest BCUT2D eigenvalue weighted by molar-refractivity contribution is -0.128. The predicted octanol–water partition coefficient (Wildman–Crippen LogP) is 2.47. The zero-order chi connectivity index (χ0) is 15.5. The number of ether oxygens (including phenoxy) is 3. The molecule has 1 aliphatic heterocycles. The first kappa shape index (κ1) is 16.5. The normalized spacial score (nSPS) is 22.0. The van der Waals surface area contributed by atoms with Crippen molar-refractivity contribution in [2.45, 2.75) is 32.1 Å². The van der Waals surface area contributed by atoms with Crippen molar-refractivity contribution in [1.82, 2.24) is 9.88 Å². The van der Waals surface area contributed by atoms with Crippen molar-refractivity contribution in [3.8, 4) is 11.5 Å². The Morgan fingerprint density at radius 1 is 1.43 bits per heavy atom. The number of rotatable bonds is 5. The lowest BCUT2D eigenvalue weighted by atomic mass is 10.1. The molecule has 1 saturated heterocycles. The van der Waals surface area contributed by atoms with Crippen molar-refractivity contribution in [2.75, 3.05) is 32.6 Å². The van der Waals surface area contributed by atoms with Gasteiger partial charge in [-0.2, -0.15) is 0 Å². The second-order valence-electron chi connectivity index (χ2n) is 5.82. The van der Waals surface area contributed by atoms with Crippen LogP contribution in [0.25, 0.3) is 0 Å². The highest BCUT2D eigenvalue weighted by Crippen LogP contribution is 2.31. The fraction of sp³-hybridized carbons (Fsp3) is 0.667. The largest absolute Gasteiger partial charge is 0.493 e. The number of halogens is 1. The van der Waals surface area contributed by atoms with Gasteiger partial charge in [0.25, 0.3) is 0 Å². The molecule has 0 radical (unpaired) electrons. The number of morpholine rings is 1. The minimum absolute atomic E-state index is 0.164. The molecule has 1 unspecified atom stereocenters. The van der Waals surface area contributed by atoms with E-state index in [-0.39, 0.29) is 11.7 Å². The van der Waals surface area contributed by atoms with Crippen LogP contribution in [0, 0.1) is 0 Å². The molecule has 1 fully saturated rings. The molecule has 0 aliphatic carbocycles. The summed E-state index contributed by atoms with van der Waals surface area (Å²) in [6.07, 6.45) is 1.94. The van der Waals surface area contributed by atoms with Crippen LogP contribution in [0.1, 0.15) is 19.5 Å². The number of aromatic nitrogens is 1. The van der Waals surface area contributed by atoms with E-state index < -0.39 is 0 Å². The van der Waals surface area contributed by atoms with Crippen LogP contribution in [0.3, 0.4) is 0 Å². The summed E-state index contributed by atoms with van der Waals surface area (Å²) in [4.78, 5) is 6.80. The van der Waals surface area contributed by atoms with E-state index in [1.165, 1.54) is 0 Å². The molecule has 1 atom stereocenters. The molecule has 0 bridgehead atoms. The summed E-state index contributed by atoms with van der Waals surface area (Å²) in [7, 11) is 3.29. The Hall–Kier alpha value is -0.850. The van der Waals surface area contributed by atoms with Crippen molar-refractivity contribution in [3.63, 3.8) is 0 Å². The van der Waals surface area contributed by atoms with Crippen LogP contribution < -0.4 is 9.47 Å². The molecular formula is C15H23BrN2O3. The Labute approximate surface area is 134 Å². The van der Waals surface area contributed by atoms with Crippen LogP contribution >= 0.6 is 15.9 Å². The Kier molecular flexibility index (Phi) is 5.46. The van der Waals surface area contributed by atoms with Gasteiger partial charge < -0.3 is 14.2 Å². The van der Waals surface area contributed by atoms with E-state index in [0.29, 0.717) is 11.5 Å². The maximum Gasteiger partial charge on any atom is 0.183 e. The molecular weight excluding hydrogens is 336 g/mol. The summed E-state index contributed by atoms with van der Waals surface area (Å²) in [6.45, 7) is 6.68. The van der Waals surface area contributed by atoms with E-state index in [1.807, 2.05) is 6.07 Å². The van der Waals surface area contributed by atoms with Gasteiger partial charge in [0.2, 0.25) is 0 Å². The average molecular weight is 359 g/mol. The summed E-state index contributed by atoms with van der Waals surface area (Å²) in [5.41, 5.74) is 0.728. The molecule has 0 aromatic carbocycles. The summed E-state index contributed by atoms with van der Waals surface area (Å²) in [6, 6.07) is 1.81. The minimum Gasteiger partial charge on any atom is -0.493 e. The zero-order valence-electron chi connectivity index (χ0n) is 13.1. The maximum absolute atomic E-state index is 6.03. The highest BCUT2D eigenvalue weighted by Gasteiger charge is 2.33. The molecule has 0 N–H and O–H groups in total. The minimum atomic E-state index is -0.164. The third-order valence-corrected chi connectivity index (χ3v) is 4.19. The van der Waals surface area contributed by atoms with Gasteiger partial charge in [0.15, 0.2) is 11.5 Å². The van der Waals surface area contributed by atoms with Gasteiger partial charge in [-0.3, -0.25) is 9.88 Å². The lowest BCUT2D eigenvalue weighted by Crippen LogP contribution is -2.52. The van der Waals surface area contributed by atoms with E-state index in [4.69, 9.17) is 14.2 Å². The molecule has 6 heteroatoms. The SMILES string of the molecule is COc1ccnc(CN2CC(CBr)OC(C)(C)C2)c1OC. The molecule has 118 valence electrons. The summed E-state index contributed by atoms with van der Waals surface area (Å²) in [5, 5.41) is 0.829. The van der Waals surface area contributed by atoms with Gasteiger partial charge in [0.1, 0.15) is 5.69 Å². The fourth-order valence-corrected chi connectivity index (χ4v) is 3.13. The van der Waals surface area contributed by atoms with Gasteiger partial charge in [0.05, 0.1) is 25.9 Å². The monoisotopic (exact) mass is 358 g/mol. The molecule has 2 heterocycles. The summed E-state index contributed by atoms with van der Waals surface area (Å²) < 4.78 is 16.8. The van der Waals surface area contributed by atoms with E-state index in [2.05, 4.69) is 39.7 Å². The van der Waals surface area contributed by atoms with Crippen LogP contribution in [0.15, 0.2) is 12.3 Å². The quantitative estimate of drug-likeness (QED) is 0.756. The van der Waals surface area contributed by atoms with Crippen molar-refractivity contribution in [2.24, 2.45) is 0 Å². The Balaban J connectivity index is 2.17. The van der Waals surface area contributed by atoms with Crippen LogP contribution in [-0.4, -0.2) is 54.2 Å². The third-order valence-electron chi connectivity index (χ3n) is 3.46. The Morgan fingerprint density at radius 3 is 2.81 bits per heavy atom. The van der Waals surface area contributed by atoms with Crippen LogP contribution in [0.4, 0.5) is 0 Å². The molecule has 0 amide bonds. The van der Waals surface area contributed by atoms with E-state index in [0.717, 1.165) is 30.7 Å². The highest BCUT2D eigenvalue weighted by molar-refractivity contribution is 9.09. The van der Waals surface area contributed by atoms with Gasteiger partial charge in [-0.25, -0.2) is 0 Å². The number of methoxy groups -OCH3 is 2. The molecule has 1 aliphatic rings. The number of hydrogen-bond acceptors (Lipinski definition) is 5. The van der Waals surface area contributed by atoms with E-state index in [1.54, 1.807) is 20.4 Å². The van der Waals surface area contributed by atoms with Crippen LogP contribution in [0.5, 0.6) is 11.5 Å². The van der Waals surface area contributed by atoms with Crippen LogP contribution in [0.2, 0.25) is 0 Å². The van der Waals surface area contributed by atoms with Crippen molar-refractivity contribution < 1.29 is 14.2 Å². The molecule has 21 heavy (non-hydrogen) atoms. The lowest BCUT2D eigenvalue weighted by Gasteiger charge is -2.42. The third kappa shape index (κ3) is 4.08. The molecule has 1 aromatic heterocycles. The standard InChI is InChI=1S/C15H23BrN2O3/c1-15(2)10-18(8-11(7-16)21-15)9-12-14(20-4)13(19-3)5-6-17-12/h5-6,11H,7-10H2,1-4H3. The van der Waals surface area contributed by atoms with Gasteiger partial charge in [-0.15, -0.1) is 0 Å². The van der Waals surface area contributed by atoms with Crippen molar-refractivity contribution >= 4 is 15.9 Å². The molecule has 0 saturated carbocycles. The zero-order valence-corrected chi connectivity index (χ0v) is 14.6. The van der Waals surface area contributed by atoms with Gasteiger partial charge >= 0.3 is 0 Å². The molecule has 1 aromatic rings. The first-order valence-corrected chi connectivity index (χ1v) is 8.13. The van der Waals surface area contributed by atoms with Gasteiger partial charge in [-0.05, 0) is 13.8 Å². The van der Waals surface area contributed by atoms with Crippen molar-refractivity contribution in [1.29, 1.82) is 0 Å². The van der Waals surface area contributed by atoms with Gasteiger partial charge in [0, 0.05) is 37.2 Å². The smallest absolute Gasteiger partial charge is 0.183 e. The second kappa shape index (κ2) is 6.94. The number of pyridine rings is 1. The van der Waals surface area contributed by atoms with Crippen LogP contribution in [-0.2, 0) is 11.3 Å². The molecule has 5 nitrogen and oxygen atoms in total. The summed E-state index contributed by atoms with van der Waals surface area (Å²) in [5.74, 6) is 1.42. The van der Waals surface area contributed by atoms with E-state index >= 15 is 0 Å². The molecule has 0 spiro atoms. The second-order valence-corrected chi connectivity index (χ2v) is 6.46. The number of alkyl halides is 1. The molecule has 2 rings (SSSR count). The van der Waals surface area contributed by atoms with E-state index in [9.17, 15) is 0 Å². The Bertz CT molecular complexity index is 482. The maximum atomic E-state index is 6.03. The highest BCUT2D eigenvalue weighted by atomic mass is 79.9. The van der Waals surface area contributed by atoms with Gasteiger partial charge in [-0.1, -0.05) is 15.9 Å². The summed E-state index contributed by atoms with van der Waals surface area (Å²) >= 11 is 3.51. The Morgan fingerprint density at radius 2 is 2.19 bits per heavy atom. The number of hydrogen-bond donors (Lipinski definition) is 0. The first-order chi connectivity index (χ1) is 9.99.